The quantitative estimate of drug-likeness (QED) is 0.629. The van der Waals surface area contributed by atoms with Crippen LogP contribution in [0.5, 0.6) is 0 Å². The molecule has 3 aromatic heterocycles. The Labute approximate surface area is 164 Å². The average Bonchev–Trinajstić information content (AvgIpc) is 3.06. The lowest BCUT2D eigenvalue weighted by Gasteiger charge is -2.13. The molecule has 0 spiro atoms. The van der Waals surface area contributed by atoms with E-state index in [1.54, 1.807) is 18.6 Å². The summed E-state index contributed by atoms with van der Waals surface area (Å²) in [7, 11) is 1.86. The van der Waals surface area contributed by atoms with Crippen molar-refractivity contribution in [1.82, 2.24) is 24.7 Å². The molecular weight excluding hydrogens is 386 g/mol. The van der Waals surface area contributed by atoms with E-state index in [4.69, 9.17) is 0 Å². The van der Waals surface area contributed by atoms with Gasteiger partial charge in [0.25, 0.3) is 11.8 Å². The molecule has 7 nitrogen and oxygen atoms in total. The number of amides is 1. The van der Waals surface area contributed by atoms with Crippen molar-refractivity contribution in [2.45, 2.75) is 30.2 Å². The Morgan fingerprint density at radius 1 is 1.32 bits per heavy atom. The van der Waals surface area contributed by atoms with Crippen molar-refractivity contribution < 1.29 is 13.6 Å². The Hall–Kier alpha value is -2.88. The van der Waals surface area contributed by atoms with E-state index in [9.17, 15) is 13.6 Å². The number of aromatic nitrogens is 5. The molecule has 0 aromatic carbocycles. The monoisotopic (exact) mass is 404 g/mol. The number of halogens is 2. The van der Waals surface area contributed by atoms with Crippen LogP contribution in [0, 0.1) is 0 Å². The lowest BCUT2D eigenvalue weighted by molar-refractivity contribution is 0.0126. The molecule has 0 aliphatic heterocycles. The minimum Gasteiger partial charge on any atom is -0.312 e. The number of hydrogen-bond acceptors (Lipinski definition) is 6. The van der Waals surface area contributed by atoms with E-state index in [-0.39, 0.29) is 10.9 Å². The highest BCUT2D eigenvalue weighted by molar-refractivity contribution is 7.99. The minimum atomic E-state index is -3.12. The first-order valence-electron chi connectivity index (χ1n) is 8.37. The van der Waals surface area contributed by atoms with Gasteiger partial charge in [-0.15, -0.1) is 10.2 Å². The van der Waals surface area contributed by atoms with E-state index in [1.165, 1.54) is 30.0 Å². The third-order valence-corrected chi connectivity index (χ3v) is 5.08. The summed E-state index contributed by atoms with van der Waals surface area (Å²) in [6, 6.07) is 7.49. The van der Waals surface area contributed by atoms with Gasteiger partial charge >= 0.3 is 0 Å². The van der Waals surface area contributed by atoms with Crippen LogP contribution in [-0.4, -0.2) is 30.6 Å². The van der Waals surface area contributed by atoms with Gasteiger partial charge in [-0.25, -0.2) is 9.97 Å². The number of hydrogen-bond donors (Lipinski definition) is 1. The fourth-order valence-electron chi connectivity index (χ4n) is 2.36. The van der Waals surface area contributed by atoms with Gasteiger partial charge in [0.2, 0.25) is 0 Å². The SMILES string of the molecule is C[C@H](Sc1nncn1C)c1ccnc(NC(=O)c2cccc(C(C)(F)F)n2)c1. The van der Waals surface area contributed by atoms with Crippen LogP contribution in [-0.2, 0) is 13.0 Å². The number of anilines is 1. The molecule has 0 fully saturated rings. The second kappa shape index (κ2) is 8.01. The minimum absolute atomic E-state index is 0.0294. The Morgan fingerprint density at radius 3 is 2.79 bits per heavy atom. The Bertz CT molecular complexity index is 988. The van der Waals surface area contributed by atoms with Gasteiger partial charge in [-0.05, 0) is 36.8 Å². The number of pyridine rings is 2. The first-order chi connectivity index (χ1) is 13.2. The van der Waals surface area contributed by atoms with Crippen molar-refractivity contribution in [2.75, 3.05) is 5.32 Å². The van der Waals surface area contributed by atoms with Crippen molar-refractivity contribution in [3.05, 3.63) is 59.8 Å². The average molecular weight is 404 g/mol. The number of alkyl halides is 2. The van der Waals surface area contributed by atoms with Crippen molar-refractivity contribution in [3.8, 4) is 0 Å². The molecule has 10 heteroatoms. The van der Waals surface area contributed by atoms with E-state index in [0.717, 1.165) is 17.6 Å². The Balaban J connectivity index is 1.74. The number of nitrogens with zero attached hydrogens (tertiary/aromatic N) is 5. The van der Waals surface area contributed by atoms with Gasteiger partial charge in [-0.1, -0.05) is 17.8 Å². The number of carbonyl (C=O) groups excluding carboxylic acids is 1. The molecule has 146 valence electrons. The van der Waals surface area contributed by atoms with Gasteiger partial charge in [-0.2, -0.15) is 8.78 Å². The van der Waals surface area contributed by atoms with E-state index < -0.39 is 17.5 Å². The zero-order valence-corrected chi connectivity index (χ0v) is 16.2. The first-order valence-corrected chi connectivity index (χ1v) is 9.25. The molecule has 0 aliphatic rings. The number of thioether (sulfide) groups is 1. The number of aryl methyl sites for hydroxylation is 1. The molecule has 3 rings (SSSR count). The van der Waals surface area contributed by atoms with Crippen LogP contribution >= 0.6 is 11.8 Å². The molecule has 28 heavy (non-hydrogen) atoms. The molecule has 1 amide bonds. The van der Waals surface area contributed by atoms with Crippen molar-refractivity contribution in [3.63, 3.8) is 0 Å². The lowest BCUT2D eigenvalue weighted by Crippen LogP contribution is -2.18. The van der Waals surface area contributed by atoms with Gasteiger partial charge in [0.15, 0.2) is 5.16 Å². The van der Waals surface area contributed by atoms with Gasteiger partial charge in [-0.3, -0.25) is 4.79 Å². The van der Waals surface area contributed by atoms with Crippen molar-refractivity contribution in [1.29, 1.82) is 0 Å². The molecule has 1 atom stereocenters. The van der Waals surface area contributed by atoms with Gasteiger partial charge in [0.05, 0.1) is 0 Å². The summed E-state index contributed by atoms with van der Waals surface area (Å²) in [6.45, 7) is 2.73. The third-order valence-electron chi connectivity index (χ3n) is 3.88. The van der Waals surface area contributed by atoms with Gasteiger partial charge in [0, 0.05) is 25.4 Å². The van der Waals surface area contributed by atoms with Gasteiger partial charge < -0.3 is 9.88 Å². The number of rotatable bonds is 6. The second-order valence-electron chi connectivity index (χ2n) is 6.21. The lowest BCUT2D eigenvalue weighted by atomic mass is 10.2. The number of carbonyl (C=O) groups is 1. The maximum absolute atomic E-state index is 13.4. The highest BCUT2D eigenvalue weighted by Crippen LogP contribution is 2.33. The van der Waals surface area contributed by atoms with Crippen LogP contribution in [0.2, 0.25) is 0 Å². The van der Waals surface area contributed by atoms with Crippen molar-refractivity contribution in [2.24, 2.45) is 7.05 Å². The zero-order chi connectivity index (χ0) is 20.3. The highest BCUT2D eigenvalue weighted by Gasteiger charge is 2.27. The smallest absolute Gasteiger partial charge is 0.287 e. The van der Waals surface area contributed by atoms with Crippen molar-refractivity contribution >= 4 is 23.5 Å². The highest BCUT2D eigenvalue weighted by atomic mass is 32.2. The summed E-state index contributed by atoms with van der Waals surface area (Å²) in [5.41, 5.74) is 0.350. The van der Waals surface area contributed by atoms with Crippen LogP contribution in [0.4, 0.5) is 14.6 Å². The van der Waals surface area contributed by atoms with Crippen LogP contribution in [0.3, 0.4) is 0 Å². The second-order valence-corrected chi connectivity index (χ2v) is 7.52. The van der Waals surface area contributed by atoms with E-state index in [1.807, 2.05) is 24.6 Å². The first kappa shape index (κ1) is 19.9. The molecule has 1 N–H and O–H groups in total. The number of nitrogens with one attached hydrogen (secondary N) is 1. The molecule has 3 aromatic rings. The predicted octanol–water partition coefficient (Wildman–Crippen LogP) is 3.82. The summed E-state index contributed by atoms with van der Waals surface area (Å²) in [6.07, 6.45) is 3.19. The standard InChI is InChI=1S/C18H18F2N6OS/c1-11(28-17-25-22-10-26(17)3)12-7-8-21-15(9-12)24-16(27)13-5-4-6-14(23-13)18(2,19)20/h4-11H,1-3H3,(H,21,24,27)/t11-/m0/s1. The Morgan fingerprint density at radius 2 is 2.11 bits per heavy atom. The fourth-order valence-corrected chi connectivity index (χ4v) is 3.27. The van der Waals surface area contributed by atoms with Crippen LogP contribution in [0.25, 0.3) is 0 Å². The zero-order valence-electron chi connectivity index (χ0n) is 15.4. The van der Waals surface area contributed by atoms with E-state index in [0.29, 0.717) is 5.82 Å². The largest absolute Gasteiger partial charge is 0.312 e. The summed E-state index contributed by atoms with van der Waals surface area (Å²) in [5.74, 6) is -3.42. The maximum Gasteiger partial charge on any atom is 0.287 e. The molecular formula is C18H18F2N6OS. The molecule has 0 saturated carbocycles. The third kappa shape index (κ3) is 4.69. The molecule has 0 radical (unpaired) electrons. The van der Waals surface area contributed by atoms with Crippen LogP contribution < -0.4 is 5.32 Å². The normalized spacial score (nSPS) is 12.6. The van der Waals surface area contributed by atoms with Gasteiger partial charge in [0.1, 0.15) is 23.5 Å². The van der Waals surface area contributed by atoms with E-state index in [2.05, 4.69) is 25.5 Å². The maximum atomic E-state index is 13.4. The summed E-state index contributed by atoms with van der Waals surface area (Å²) >= 11 is 1.51. The summed E-state index contributed by atoms with van der Waals surface area (Å²) < 4.78 is 28.7. The Kier molecular flexibility index (Phi) is 5.68. The summed E-state index contributed by atoms with van der Waals surface area (Å²) in [4.78, 5) is 20.3. The molecule has 0 aliphatic carbocycles. The fraction of sp³-hybridized carbons (Fsp3) is 0.278. The molecule has 0 bridgehead atoms. The van der Waals surface area contributed by atoms with Crippen LogP contribution in [0.15, 0.2) is 48.0 Å². The topological polar surface area (TPSA) is 85.6 Å². The van der Waals surface area contributed by atoms with Crippen LogP contribution in [0.1, 0.15) is 40.8 Å². The molecule has 3 heterocycles. The molecule has 0 unspecified atom stereocenters. The summed E-state index contributed by atoms with van der Waals surface area (Å²) in [5, 5.41) is 11.3. The van der Waals surface area contributed by atoms with E-state index >= 15 is 0 Å². The predicted molar refractivity (Wildman–Crippen MR) is 101 cm³/mol. The molecule has 0 saturated heterocycles.